The first-order valence-electron chi connectivity index (χ1n) is 6.42. The summed E-state index contributed by atoms with van der Waals surface area (Å²) in [5.74, 6) is 0.730. The molecule has 1 heterocycles. The lowest BCUT2D eigenvalue weighted by atomic mass is 10.2. The lowest BCUT2D eigenvalue weighted by molar-refractivity contribution is -0.119. The average Bonchev–Trinajstić information content (AvgIpc) is 3.00. The van der Waals surface area contributed by atoms with Gasteiger partial charge in [-0.1, -0.05) is 30.7 Å². The number of nitrogens with two attached hydrogens (primary N) is 1. The van der Waals surface area contributed by atoms with Crippen molar-refractivity contribution in [1.82, 2.24) is 20.1 Å². The van der Waals surface area contributed by atoms with Gasteiger partial charge in [0.25, 0.3) is 0 Å². The lowest BCUT2D eigenvalue weighted by Gasteiger charge is -2.11. The summed E-state index contributed by atoms with van der Waals surface area (Å²) >= 11 is 1.35. The standard InChI is InChI=1S/C12H19N5OS/c1-2-7-17-11(13)15-16-12(17)19-8-10(18)14-9-5-3-4-6-9/h2,9H,1,3-8H2,(H2,13,15)(H,14,18). The van der Waals surface area contributed by atoms with Gasteiger partial charge in [0.1, 0.15) is 0 Å². The second-order valence-electron chi connectivity index (χ2n) is 4.58. The number of allylic oxidation sites excluding steroid dienone is 1. The molecule has 0 unspecified atom stereocenters. The third kappa shape index (κ3) is 3.73. The van der Waals surface area contributed by atoms with Crippen molar-refractivity contribution in [2.45, 2.75) is 43.4 Å². The Labute approximate surface area is 116 Å². The van der Waals surface area contributed by atoms with Crippen LogP contribution >= 0.6 is 11.8 Å². The molecule has 0 saturated heterocycles. The molecule has 0 aliphatic heterocycles. The van der Waals surface area contributed by atoms with E-state index in [9.17, 15) is 4.79 Å². The van der Waals surface area contributed by atoms with Crippen LogP contribution in [0.3, 0.4) is 0 Å². The van der Waals surface area contributed by atoms with Crippen LogP contribution < -0.4 is 11.1 Å². The van der Waals surface area contributed by atoms with Crippen molar-refractivity contribution in [2.24, 2.45) is 0 Å². The SMILES string of the molecule is C=CCn1c(N)nnc1SCC(=O)NC1CCCC1. The summed E-state index contributed by atoms with van der Waals surface area (Å²) in [4.78, 5) is 11.8. The van der Waals surface area contributed by atoms with Crippen LogP contribution in [0.2, 0.25) is 0 Å². The highest BCUT2D eigenvalue weighted by Crippen LogP contribution is 2.20. The predicted octanol–water partition coefficient (Wildman–Crippen LogP) is 1.20. The van der Waals surface area contributed by atoms with E-state index in [0.29, 0.717) is 29.4 Å². The van der Waals surface area contributed by atoms with Crippen LogP contribution in [-0.2, 0) is 11.3 Å². The maximum absolute atomic E-state index is 11.8. The van der Waals surface area contributed by atoms with Crippen molar-refractivity contribution in [3.63, 3.8) is 0 Å². The molecule has 0 aromatic carbocycles. The maximum Gasteiger partial charge on any atom is 0.230 e. The van der Waals surface area contributed by atoms with E-state index >= 15 is 0 Å². The van der Waals surface area contributed by atoms with Crippen molar-refractivity contribution < 1.29 is 4.79 Å². The summed E-state index contributed by atoms with van der Waals surface area (Å²) in [7, 11) is 0. The smallest absolute Gasteiger partial charge is 0.230 e. The zero-order valence-electron chi connectivity index (χ0n) is 10.8. The highest BCUT2D eigenvalue weighted by Gasteiger charge is 2.18. The highest BCUT2D eigenvalue weighted by atomic mass is 32.2. The van der Waals surface area contributed by atoms with Gasteiger partial charge in [-0.15, -0.1) is 16.8 Å². The monoisotopic (exact) mass is 281 g/mol. The van der Waals surface area contributed by atoms with Crippen LogP contribution in [0.4, 0.5) is 5.95 Å². The fourth-order valence-electron chi connectivity index (χ4n) is 2.18. The van der Waals surface area contributed by atoms with Crippen LogP contribution in [0, 0.1) is 0 Å². The van der Waals surface area contributed by atoms with Gasteiger partial charge >= 0.3 is 0 Å². The Kier molecular flexibility index (Phi) is 4.84. The largest absolute Gasteiger partial charge is 0.368 e. The van der Waals surface area contributed by atoms with Crippen molar-refractivity contribution in [2.75, 3.05) is 11.5 Å². The van der Waals surface area contributed by atoms with Crippen LogP contribution in [-0.4, -0.2) is 32.5 Å². The highest BCUT2D eigenvalue weighted by molar-refractivity contribution is 7.99. The van der Waals surface area contributed by atoms with Crippen molar-refractivity contribution in [3.8, 4) is 0 Å². The maximum atomic E-state index is 11.8. The van der Waals surface area contributed by atoms with Gasteiger partial charge in [-0.05, 0) is 12.8 Å². The molecule has 19 heavy (non-hydrogen) atoms. The third-order valence-electron chi connectivity index (χ3n) is 3.11. The van der Waals surface area contributed by atoms with E-state index < -0.39 is 0 Å². The molecule has 1 aliphatic rings. The van der Waals surface area contributed by atoms with Crippen molar-refractivity contribution in [1.29, 1.82) is 0 Å². The summed E-state index contributed by atoms with van der Waals surface area (Å²) in [5, 5.41) is 11.5. The number of nitrogens with zero attached hydrogens (tertiary/aromatic N) is 3. The summed E-state index contributed by atoms with van der Waals surface area (Å²) in [5.41, 5.74) is 5.69. The zero-order valence-corrected chi connectivity index (χ0v) is 11.7. The van der Waals surface area contributed by atoms with Gasteiger partial charge in [0.05, 0.1) is 5.75 Å². The van der Waals surface area contributed by atoms with Gasteiger partial charge in [-0.2, -0.15) is 0 Å². The first kappa shape index (κ1) is 13.9. The molecule has 0 bridgehead atoms. The molecule has 6 nitrogen and oxygen atoms in total. The molecule has 3 N–H and O–H groups in total. The van der Waals surface area contributed by atoms with Gasteiger partial charge < -0.3 is 11.1 Å². The average molecular weight is 281 g/mol. The number of nitrogen functional groups attached to an aromatic ring is 1. The van der Waals surface area contributed by atoms with Gasteiger partial charge in [0.15, 0.2) is 5.16 Å². The molecule has 0 atom stereocenters. The zero-order chi connectivity index (χ0) is 13.7. The third-order valence-corrected chi connectivity index (χ3v) is 4.08. The second-order valence-corrected chi connectivity index (χ2v) is 5.52. The molecule has 1 amide bonds. The van der Waals surface area contributed by atoms with E-state index in [2.05, 4.69) is 22.1 Å². The molecule has 104 valence electrons. The normalized spacial score (nSPS) is 15.6. The number of hydrogen-bond donors (Lipinski definition) is 2. The number of carbonyl (C=O) groups excluding carboxylic acids is 1. The fourth-order valence-corrected chi connectivity index (χ4v) is 2.94. The van der Waals surface area contributed by atoms with Gasteiger partial charge in [0, 0.05) is 12.6 Å². The molecule has 1 aromatic rings. The van der Waals surface area contributed by atoms with Crippen LogP contribution in [0.15, 0.2) is 17.8 Å². The van der Waals surface area contributed by atoms with E-state index in [0.717, 1.165) is 12.8 Å². The molecular formula is C12H19N5OS. The molecule has 1 aliphatic carbocycles. The Morgan fingerprint density at radius 1 is 1.53 bits per heavy atom. The summed E-state index contributed by atoms with van der Waals surface area (Å²) in [6.07, 6.45) is 6.33. The Hall–Kier alpha value is -1.50. The second kappa shape index (κ2) is 6.60. The Balaban J connectivity index is 1.84. The van der Waals surface area contributed by atoms with Crippen LogP contribution in [0.5, 0.6) is 0 Å². The number of hydrogen-bond acceptors (Lipinski definition) is 5. The van der Waals surface area contributed by atoms with E-state index in [-0.39, 0.29) is 5.91 Å². The van der Waals surface area contributed by atoms with E-state index in [1.54, 1.807) is 10.6 Å². The molecule has 0 radical (unpaired) electrons. The van der Waals surface area contributed by atoms with E-state index in [1.165, 1.54) is 24.6 Å². The lowest BCUT2D eigenvalue weighted by Crippen LogP contribution is -2.33. The Bertz CT molecular complexity index is 453. The van der Waals surface area contributed by atoms with Crippen LogP contribution in [0.25, 0.3) is 0 Å². The number of thioether (sulfide) groups is 1. The number of nitrogens with one attached hydrogen (secondary N) is 1. The predicted molar refractivity (Wildman–Crippen MR) is 75.8 cm³/mol. The van der Waals surface area contributed by atoms with Gasteiger partial charge in [0.2, 0.25) is 11.9 Å². The van der Waals surface area contributed by atoms with Crippen molar-refractivity contribution in [3.05, 3.63) is 12.7 Å². The number of carbonyl (C=O) groups is 1. The topological polar surface area (TPSA) is 85.8 Å². The molecule has 1 aromatic heterocycles. The summed E-state index contributed by atoms with van der Waals surface area (Å²) in [6, 6.07) is 0.351. The molecule has 1 fully saturated rings. The molecule has 2 rings (SSSR count). The minimum Gasteiger partial charge on any atom is -0.368 e. The minimum absolute atomic E-state index is 0.0450. The first-order chi connectivity index (χ1) is 9.20. The van der Waals surface area contributed by atoms with Crippen molar-refractivity contribution >= 4 is 23.6 Å². The van der Waals surface area contributed by atoms with Gasteiger partial charge in [-0.25, -0.2) is 0 Å². The number of rotatable bonds is 6. The first-order valence-corrected chi connectivity index (χ1v) is 7.41. The Morgan fingerprint density at radius 3 is 2.95 bits per heavy atom. The minimum atomic E-state index is 0.0450. The molecule has 7 heteroatoms. The number of anilines is 1. The van der Waals surface area contributed by atoms with E-state index in [4.69, 9.17) is 5.73 Å². The molecule has 1 saturated carbocycles. The molecule has 0 spiro atoms. The van der Waals surface area contributed by atoms with Crippen LogP contribution in [0.1, 0.15) is 25.7 Å². The van der Waals surface area contributed by atoms with E-state index in [1.807, 2.05) is 0 Å². The summed E-state index contributed by atoms with van der Waals surface area (Å²) in [6.45, 7) is 4.21. The van der Waals surface area contributed by atoms with Gasteiger partial charge in [-0.3, -0.25) is 9.36 Å². The fraction of sp³-hybridized carbons (Fsp3) is 0.583. The molecular weight excluding hydrogens is 262 g/mol. The quantitative estimate of drug-likeness (QED) is 0.604. The summed E-state index contributed by atoms with van der Waals surface area (Å²) < 4.78 is 1.74. The Morgan fingerprint density at radius 2 is 2.26 bits per heavy atom. The number of amides is 1. The number of aromatic nitrogens is 3.